The summed E-state index contributed by atoms with van der Waals surface area (Å²) in [5, 5.41) is 7.21. The third-order valence-corrected chi connectivity index (χ3v) is 4.25. The van der Waals surface area contributed by atoms with E-state index in [9.17, 15) is 26.3 Å². The molecule has 0 radical (unpaired) electrons. The van der Waals surface area contributed by atoms with Gasteiger partial charge in [-0.15, -0.1) is 35.3 Å². The SMILES string of the molecule is CN=C(NCCc1nc(C(F)(F)F)cs1)NCc1ccc(OCC(F)(F)F)nc1.I. The molecule has 2 aromatic rings. The minimum absolute atomic E-state index is 0. The molecule has 168 valence electrons. The number of alkyl halides is 6. The van der Waals surface area contributed by atoms with Crippen molar-refractivity contribution in [2.75, 3.05) is 20.2 Å². The van der Waals surface area contributed by atoms with E-state index in [1.807, 2.05) is 0 Å². The van der Waals surface area contributed by atoms with E-state index in [0.29, 0.717) is 23.1 Å². The van der Waals surface area contributed by atoms with E-state index in [-0.39, 0.29) is 42.8 Å². The highest BCUT2D eigenvalue weighted by Gasteiger charge is 2.33. The van der Waals surface area contributed by atoms with Crippen LogP contribution >= 0.6 is 35.3 Å². The van der Waals surface area contributed by atoms with Crippen LogP contribution in [0.5, 0.6) is 5.88 Å². The van der Waals surface area contributed by atoms with Gasteiger partial charge in [-0.05, 0) is 5.56 Å². The van der Waals surface area contributed by atoms with E-state index < -0.39 is 24.7 Å². The Bertz CT molecular complexity index is 810. The van der Waals surface area contributed by atoms with E-state index in [4.69, 9.17) is 0 Å². The van der Waals surface area contributed by atoms with Crippen molar-refractivity contribution < 1.29 is 31.1 Å². The number of guanidine groups is 1. The lowest BCUT2D eigenvalue weighted by Crippen LogP contribution is -2.37. The normalized spacial score (nSPS) is 12.3. The molecule has 0 aromatic carbocycles. The van der Waals surface area contributed by atoms with Gasteiger partial charge in [0.25, 0.3) is 0 Å². The number of nitrogens with one attached hydrogen (secondary N) is 2. The monoisotopic (exact) mass is 569 g/mol. The maximum atomic E-state index is 12.5. The molecule has 14 heteroatoms. The highest BCUT2D eigenvalue weighted by atomic mass is 127. The fourth-order valence-electron chi connectivity index (χ4n) is 2.01. The summed E-state index contributed by atoms with van der Waals surface area (Å²) in [4.78, 5) is 11.3. The number of aliphatic imine (C=N–C) groups is 1. The van der Waals surface area contributed by atoms with Crippen LogP contribution in [0, 0.1) is 0 Å². The van der Waals surface area contributed by atoms with Crippen LogP contribution in [-0.2, 0) is 19.1 Å². The first-order valence-electron chi connectivity index (χ1n) is 8.17. The third-order valence-electron chi connectivity index (χ3n) is 3.34. The average Bonchev–Trinajstić information content (AvgIpc) is 3.12. The Hall–Kier alpha value is -1.84. The van der Waals surface area contributed by atoms with Crippen LogP contribution in [0.2, 0.25) is 0 Å². The van der Waals surface area contributed by atoms with E-state index in [1.165, 1.54) is 19.3 Å². The lowest BCUT2D eigenvalue weighted by atomic mass is 10.3. The van der Waals surface area contributed by atoms with Crippen LogP contribution in [-0.4, -0.2) is 42.3 Å². The van der Waals surface area contributed by atoms with Crippen molar-refractivity contribution in [2.24, 2.45) is 4.99 Å². The number of nitrogens with zero attached hydrogens (tertiary/aromatic N) is 3. The third kappa shape index (κ3) is 9.32. The highest BCUT2D eigenvalue weighted by molar-refractivity contribution is 14.0. The van der Waals surface area contributed by atoms with Crippen LogP contribution in [0.15, 0.2) is 28.7 Å². The second-order valence-electron chi connectivity index (χ2n) is 5.64. The zero-order valence-corrected chi connectivity index (χ0v) is 18.6. The summed E-state index contributed by atoms with van der Waals surface area (Å²) in [6.45, 7) is -0.827. The molecule has 0 bridgehead atoms. The molecular formula is C16H18F6IN5OS. The average molecular weight is 569 g/mol. The van der Waals surface area contributed by atoms with E-state index in [1.54, 1.807) is 6.07 Å². The van der Waals surface area contributed by atoms with Crippen LogP contribution in [0.25, 0.3) is 0 Å². The molecule has 0 fully saturated rings. The quantitative estimate of drug-likeness (QED) is 0.228. The molecule has 0 aliphatic rings. The predicted octanol–water partition coefficient (Wildman–Crippen LogP) is 4.02. The molecule has 2 rings (SSSR count). The number of halogens is 7. The molecule has 0 saturated heterocycles. The Labute approximate surface area is 189 Å². The Morgan fingerprint density at radius 3 is 2.43 bits per heavy atom. The second kappa shape index (κ2) is 11.5. The molecule has 0 aliphatic heterocycles. The van der Waals surface area contributed by atoms with Crippen molar-refractivity contribution in [3.8, 4) is 5.88 Å². The summed E-state index contributed by atoms with van der Waals surface area (Å²) in [7, 11) is 1.52. The summed E-state index contributed by atoms with van der Waals surface area (Å²) >= 11 is 0.931. The number of hydrogen-bond donors (Lipinski definition) is 2. The smallest absolute Gasteiger partial charge is 0.434 e. The number of hydrogen-bond acceptors (Lipinski definition) is 5. The van der Waals surface area contributed by atoms with Crippen LogP contribution < -0.4 is 15.4 Å². The first-order valence-corrected chi connectivity index (χ1v) is 9.05. The van der Waals surface area contributed by atoms with Crippen molar-refractivity contribution in [3.63, 3.8) is 0 Å². The predicted molar refractivity (Wildman–Crippen MR) is 110 cm³/mol. The molecule has 0 unspecified atom stereocenters. The fraction of sp³-hybridized carbons (Fsp3) is 0.438. The standard InChI is InChI=1S/C16H17F6N5OS.HI/c1-23-14(24-5-4-13-27-11(8-29-13)16(20,21)22)26-7-10-2-3-12(25-6-10)28-9-15(17,18)19;/h2-3,6,8H,4-5,7,9H2,1H3,(H2,23,24,26);1H. The fourth-order valence-corrected chi connectivity index (χ4v) is 2.81. The summed E-state index contributed by atoms with van der Waals surface area (Å²) in [5.74, 6) is 0.255. The molecule has 2 aromatic heterocycles. The van der Waals surface area contributed by atoms with E-state index in [0.717, 1.165) is 16.7 Å². The summed E-state index contributed by atoms with van der Waals surface area (Å²) in [5.41, 5.74) is -0.239. The number of rotatable bonds is 7. The van der Waals surface area contributed by atoms with Gasteiger partial charge in [0.15, 0.2) is 18.3 Å². The van der Waals surface area contributed by atoms with Gasteiger partial charge in [-0.2, -0.15) is 26.3 Å². The van der Waals surface area contributed by atoms with E-state index in [2.05, 4.69) is 30.3 Å². The van der Waals surface area contributed by atoms with Crippen molar-refractivity contribution in [1.29, 1.82) is 0 Å². The number of pyridine rings is 1. The molecule has 30 heavy (non-hydrogen) atoms. The van der Waals surface area contributed by atoms with Gasteiger partial charge in [0.05, 0.1) is 5.01 Å². The molecule has 6 nitrogen and oxygen atoms in total. The first-order chi connectivity index (χ1) is 13.6. The minimum atomic E-state index is -4.46. The molecule has 0 amide bonds. The lowest BCUT2D eigenvalue weighted by molar-refractivity contribution is -0.154. The molecule has 0 aliphatic carbocycles. The van der Waals surface area contributed by atoms with Crippen molar-refractivity contribution >= 4 is 41.3 Å². The van der Waals surface area contributed by atoms with E-state index >= 15 is 0 Å². The Kier molecular flexibility index (Phi) is 10.1. The van der Waals surface area contributed by atoms with Crippen molar-refractivity contribution in [1.82, 2.24) is 20.6 Å². The molecule has 0 spiro atoms. The van der Waals surface area contributed by atoms with Gasteiger partial charge in [-0.25, -0.2) is 9.97 Å². The lowest BCUT2D eigenvalue weighted by Gasteiger charge is -2.12. The first kappa shape index (κ1) is 26.2. The van der Waals surface area contributed by atoms with Gasteiger partial charge in [0.1, 0.15) is 0 Å². The van der Waals surface area contributed by atoms with Gasteiger partial charge in [-0.3, -0.25) is 4.99 Å². The van der Waals surface area contributed by atoms with Gasteiger partial charge in [0, 0.05) is 44.2 Å². The molecule has 0 saturated carbocycles. The van der Waals surface area contributed by atoms with Crippen LogP contribution in [0.3, 0.4) is 0 Å². The van der Waals surface area contributed by atoms with Crippen LogP contribution in [0.4, 0.5) is 26.3 Å². The number of thiazole rings is 1. The molecule has 2 N–H and O–H groups in total. The number of aromatic nitrogens is 2. The largest absolute Gasteiger partial charge is 0.468 e. The zero-order valence-electron chi connectivity index (χ0n) is 15.5. The minimum Gasteiger partial charge on any atom is -0.468 e. The van der Waals surface area contributed by atoms with Crippen molar-refractivity contribution in [2.45, 2.75) is 25.3 Å². The van der Waals surface area contributed by atoms with Gasteiger partial charge < -0.3 is 15.4 Å². The van der Waals surface area contributed by atoms with Gasteiger partial charge >= 0.3 is 12.4 Å². The maximum absolute atomic E-state index is 12.5. The van der Waals surface area contributed by atoms with Crippen LogP contribution in [0.1, 0.15) is 16.3 Å². The number of ether oxygens (including phenoxy) is 1. The maximum Gasteiger partial charge on any atom is 0.434 e. The topological polar surface area (TPSA) is 71.4 Å². The summed E-state index contributed by atoms with van der Waals surface area (Å²) in [6.07, 6.45) is -7.25. The summed E-state index contributed by atoms with van der Waals surface area (Å²) < 4.78 is 78.4. The molecule has 0 atom stereocenters. The molecule has 2 heterocycles. The van der Waals surface area contributed by atoms with Crippen molar-refractivity contribution in [3.05, 3.63) is 40.0 Å². The summed E-state index contributed by atoms with van der Waals surface area (Å²) in [6, 6.07) is 2.87. The van der Waals surface area contributed by atoms with Gasteiger partial charge in [-0.1, -0.05) is 6.07 Å². The second-order valence-corrected chi connectivity index (χ2v) is 6.58. The zero-order chi connectivity index (χ0) is 21.5. The Morgan fingerprint density at radius 1 is 1.17 bits per heavy atom. The Morgan fingerprint density at radius 2 is 1.90 bits per heavy atom. The highest BCUT2D eigenvalue weighted by Crippen LogP contribution is 2.30. The van der Waals surface area contributed by atoms with Gasteiger partial charge in [0.2, 0.25) is 5.88 Å². The Balaban J connectivity index is 0.00000450. The molecular weight excluding hydrogens is 551 g/mol.